The van der Waals surface area contributed by atoms with E-state index in [1.165, 1.54) is 6.07 Å². The molecule has 1 aromatic heterocycles. The highest BCUT2D eigenvalue weighted by Crippen LogP contribution is 2.24. The molecule has 0 spiro atoms. The molecule has 0 amide bonds. The fourth-order valence-electron chi connectivity index (χ4n) is 2.15. The average Bonchev–Trinajstić information content (AvgIpc) is 3.03. The van der Waals surface area contributed by atoms with E-state index < -0.39 is 0 Å². The predicted molar refractivity (Wildman–Crippen MR) is 86.0 cm³/mol. The lowest BCUT2D eigenvalue weighted by molar-refractivity contribution is 0.617. The van der Waals surface area contributed by atoms with Crippen LogP contribution in [0.1, 0.15) is 11.1 Å². The summed E-state index contributed by atoms with van der Waals surface area (Å²) in [4.78, 5) is 4.32. The molecule has 3 aromatic rings. The SMILES string of the molecule is Cc1cc(CNc2cccc(-c3nccs3)c2)ccc1F. The number of rotatable bonds is 4. The van der Waals surface area contributed by atoms with Crippen molar-refractivity contribution < 1.29 is 4.39 Å². The molecule has 2 aromatic carbocycles. The normalized spacial score (nSPS) is 10.6. The Labute approximate surface area is 127 Å². The molecule has 0 radical (unpaired) electrons. The summed E-state index contributed by atoms with van der Waals surface area (Å²) in [6.45, 7) is 2.45. The molecule has 0 aliphatic carbocycles. The number of hydrogen-bond donors (Lipinski definition) is 1. The van der Waals surface area contributed by atoms with Crippen LogP contribution in [-0.2, 0) is 6.54 Å². The van der Waals surface area contributed by atoms with Gasteiger partial charge in [0.25, 0.3) is 0 Å². The Morgan fingerprint density at radius 3 is 2.86 bits per heavy atom. The van der Waals surface area contributed by atoms with E-state index in [2.05, 4.69) is 16.4 Å². The smallest absolute Gasteiger partial charge is 0.126 e. The number of hydrogen-bond acceptors (Lipinski definition) is 3. The van der Waals surface area contributed by atoms with Gasteiger partial charge in [-0.2, -0.15) is 0 Å². The number of benzene rings is 2. The average molecular weight is 298 g/mol. The molecule has 1 heterocycles. The zero-order valence-electron chi connectivity index (χ0n) is 11.6. The highest BCUT2D eigenvalue weighted by atomic mass is 32.1. The maximum Gasteiger partial charge on any atom is 0.126 e. The molecule has 2 nitrogen and oxygen atoms in total. The Morgan fingerprint density at radius 2 is 2.10 bits per heavy atom. The van der Waals surface area contributed by atoms with Crippen LogP contribution in [0.25, 0.3) is 10.6 Å². The van der Waals surface area contributed by atoms with Crippen LogP contribution in [0.2, 0.25) is 0 Å². The lowest BCUT2D eigenvalue weighted by Crippen LogP contribution is -2.00. The minimum atomic E-state index is -0.162. The molecule has 0 bridgehead atoms. The summed E-state index contributed by atoms with van der Waals surface area (Å²) in [7, 11) is 0. The zero-order chi connectivity index (χ0) is 14.7. The van der Waals surface area contributed by atoms with E-state index in [1.807, 2.05) is 29.6 Å². The summed E-state index contributed by atoms with van der Waals surface area (Å²) < 4.78 is 13.2. The van der Waals surface area contributed by atoms with Gasteiger partial charge in [0.2, 0.25) is 0 Å². The fraction of sp³-hybridized carbons (Fsp3) is 0.118. The second-order valence-electron chi connectivity index (χ2n) is 4.86. The Hall–Kier alpha value is -2.20. The van der Waals surface area contributed by atoms with Gasteiger partial charge in [-0.1, -0.05) is 24.3 Å². The first-order valence-electron chi connectivity index (χ1n) is 6.71. The number of aryl methyl sites for hydroxylation is 1. The number of thiazole rings is 1. The van der Waals surface area contributed by atoms with E-state index in [1.54, 1.807) is 30.5 Å². The van der Waals surface area contributed by atoms with Gasteiger partial charge in [0.15, 0.2) is 0 Å². The second-order valence-corrected chi connectivity index (χ2v) is 5.75. The van der Waals surface area contributed by atoms with E-state index in [9.17, 15) is 4.39 Å². The van der Waals surface area contributed by atoms with Gasteiger partial charge in [0, 0.05) is 29.4 Å². The monoisotopic (exact) mass is 298 g/mol. The van der Waals surface area contributed by atoms with Gasteiger partial charge in [-0.3, -0.25) is 0 Å². The molecule has 21 heavy (non-hydrogen) atoms. The topological polar surface area (TPSA) is 24.9 Å². The summed E-state index contributed by atoms with van der Waals surface area (Å²) in [5.74, 6) is -0.162. The van der Waals surface area contributed by atoms with Crippen LogP contribution < -0.4 is 5.32 Å². The molecule has 0 saturated heterocycles. The van der Waals surface area contributed by atoms with Crippen molar-refractivity contribution in [3.8, 4) is 10.6 Å². The summed E-state index contributed by atoms with van der Waals surface area (Å²) in [6.07, 6.45) is 1.81. The van der Waals surface area contributed by atoms with E-state index in [0.717, 1.165) is 21.8 Å². The Morgan fingerprint density at radius 1 is 1.19 bits per heavy atom. The van der Waals surface area contributed by atoms with Crippen molar-refractivity contribution in [2.45, 2.75) is 13.5 Å². The van der Waals surface area contributed by atoms with E-state index in [0.29, 0.717) is 12.1 Å². The van der Waals surface area contributed by atoms with Gasteiger partial charge in [0.1, 0.15) is 10.8 Å². The Kier molecular flexibility index (Phi) is 3.97. The van der Waals surface area contributed by atoms with Crippen molar-refractivity contribution in [3.05, 3.63) is 71.0 Å². The first-order chi connectivity index (χ1) is 10.2. The quantitative estimate of drug-likeness (QED) is 0.743. The Bertz CT molecular complexity index is 738. The summed E-state index contributed by atoms with van der Waals surface area (Å²) >= 11 is 1.62. The molecule has 0 aliphatic rings. The van der Waals surface area contributed by atoms with Crippen LogP contribution in [0.15, 0.2) is 54.0 Å². The lowest BCUT2D eigenvalue weighted by Gasteiger charge is -2.08. The highest BCUT2D eigenvalue weighted by molar-refractivity contribution is 7.13. The van der Waals surface area contributed by atoms with Crippen molar-refractivity contribution in [1.82, 2.24) is 4.98 Å². The van der Waals surface area contributed by atoms with Crippen molar-refractivity contribution in [3.63, 3.8) is 0 Å². The number of nitrogens with one attached hydrogen (secondary N) is 1. The molecule has 0 saturated carbocycles. The molecule has 0 aliphatic heterocycles. The molecule has 0 fully saturated rings. The third kappa shape index (κ3) is 3.28. The van der Waals surface area contributed by atoms with Crippen LogP contribution in [0.5, 0.6) is 0 Å². The van der Waals surface area contributed by atoms with Gasteiger partial charge in [0.05, 0.1) is 0 Å². The van der Waals surface area contributed by atoms with Gasteiger partial charge >= 0.3 is 0 Å². The number of anilines is 1. The number of halogens is 1. The molecule has 1 N–H and O–H groups in total. The van der Waals surface area contributed by atoms with Gasteiger partial charge in [-0.15, -0.1) is 11.3 Å². The van der Waals surface area contributed by atoms with Crippen LogP contribution in [0.3, 0.4) is 0 Å². The van der Waals surface area contributed by atoms with Crippen LogP contribution in [0, 0.1) is 12.7 Å². The summed E-state index contributed by atoms with van der Waals surface area (Å²) in [5.41, 5.74) is 3.87. The van der Waals surface area contributed by atoms with Crippen LogP contribution in [-0.4, -0.2) is 4.98 Å². The van der Waals surface area contributed by atoms with Crippen LogP contribution >= 0.6 is 11.3 Å². The van der Waals surface area contributed by atoms with Crippen molar-refractivity contribution >= 4 is 17.0 Å². The molecular weight excluding hydrogens is 283 g/mol. The minimum Gasteiger partial charge on any atom is -0.381 e. The Balaban J connectivity index is 1.73. The van der Waals surface area contributed by atoms with Gasteiger partial charge < -0.3 is 5.32 Å². The van der Waals surface area contributed by atoms with Crippen LogP contribution in [0.4, 0.5) is 10.1 Å². The molecular formula is C17H15FN2S. The maximum atomic E-state index is 13.2. The predicted octanol–water partition coefficient (Wildman–Crippen LogP) is 4.87. The number of aromatic nitrogens is 1. The van der Waals surface area contributed by atoms with E-state index in [4.69, 9.17) is 0 Å². The molecule has 4 heteroatoms. The molecule has 3 rings (SSSR count). The van der Waals surface area contributed by atoms with E-state index >= 15 is 0 Å². The molecule has 0 atom stereocenters. The second kappa shape index (κ2) is 6.06. The van der Waals surface area contributed by atoms with Gasteiger partial charge in [-0.05, 0) is 36.2 Å². The third-order valence-corrected chi connectivity index (χ3v) is 4.08. The lowest BCUT2D eigenvalue weighted by atomic mass is 10.1. The fourth-order valence-corrected chi connectivity index (χ4v) is 2.78. The minimum absolute atomic E-state index is 0.162. The van der Waals surface area contributed by atoms with Crippen molar-refractivity contribution in [2.24, 2.45) is 0 Å². The largest absolute Gasteiger partial charge is 0.381 e. The van der Waals surface area contributed by atoms with Gasteiger partial charge in [-0.25, -0.2) is 9.37 Å². The number of nitrogens with zero attached hydrogens (tertiary/aromatic N) is 1. The highest BCUT2D eigenvalue weighted by Gasteiger charge is 2.02. The standard InChI is InChI=1S/C17H15FN2S/c1-12-9-13(5-6-16(12)18)11-20-15-4-2-3-14(10-15)17-19-7-8-21-17/h2-10,20H,11H2,1H3. The van der Waals surface area contributed by atoms with E-state index in [-0.39, 0.29) is 5.82 Å². The first kappa shape index (κ1) is 13.8. The van der Waals surface area contributed by atoms with Crippen molar-refractivity contribution in [2.75, 3.05) is 5.32 Å². The van der Waals surface area contributed by atoms with Crippen molar-refractivity contribution in [1.29, 1.82) is 0 Å². The maximum absolute atomic E-state index is 13.2. The summed E-state index contributed by atoms with van der Waals surface area (Å²) in [6, 6.07) is 13.3. The summed E-state index contributed by atoms with van der Waals surface area (Å²) in [5, 5.41) is 6.34. The zero-order valence-corrected chi connectivity index (χ0v) is 12.5. The molecule has 0 unspecified atom stereocenters. The first-order valence-corrected chi connectivity index (χ1v) is 7.59. The third-order valence-electron chi connectivity index (χ3n) is 3.26. The molecule has 106 valence electrons.